The first-order valence-electron chi connectivity index (χ1n) is 5.94. The lowest BCUT2D eigenvalue weighted by molar-refractivity contribution is 0.00950. The van der Waals surface area contributed by atoms with Crippen LogP contribution in [-0.2, 0) is 11.3 Å². The van der Waals surface area contributed by atoms with E-state index in [1.807, 2.05) is 12.5 Å². The Morgan fingerprint density at radius 1 is 1.53 bits per heavy atom. The predicted octanol–water partition coefficient (Wildman–Crippen LogP) is 2.54. The summed E-state index contributed by atoms with van der Waals surface area (Å²) in [5.41, 5.74) is 1.25. The molecular formula is C12H20N2O. The molecule has 0 aliphatic carbocycles. The van der Waals surface area contributed by atoms with Crippen molar-refractivity contribution in [1.82, 2.24) is 9.55 Å². The number of ether oxygens (including phenoxy) is 1. The van der Waals surface area contributed by atoms with Gasteiger partial charge in [0.1, 0.15) is 0 Å². The van der Waals surface area contributed by atoms with Crippen molar-refractivity contribution in [2.75, 3.05) is 6.61 Å². The van der Waals surface area contributed by atoms with Gasteiger partial charge in [-0.15, -0.1) is 0 Å². The minimum Gasteiger partial charge on any atom is -0.378 e. The second-order valence-electron chi connectivity index (χ2n) is 4.36. The monoisotopic (exact) mass is 208 g/mol. The molecule has 1 aliphatic heterocycles. The summed E-state index contributed by atoms with van der Waals surface area (Å²) in [6, 6.07) is 0. The fourth-order valence-corrected chi connectivity index (χ4v) is 2.15. The van der Waals surface area contributed by atoms with Crippen molar-refractivity contribution in [3.05, 3.63) is 18.2 Å². The lowest BCUT2D eigenvalue weighted by Crippen LogP contribution is -2.19. The van der Waals surface area contributed by atoms with Gasteiger partial charge in [0, 0.05) is 25.0 Å². The lowest BCUT2D eigenvalue weighted by Gasteiger charge is -2.22. The lowest BCUT2D eigenvalue weighted by atomic mass is 10.0. The Kier molecular flexibility index (Phi) is 3.78. The van der Waals surface area contributed by atoms with E-state index in [4.69, 9.17) is 4.74 Å². The van der Waals surface area contributed by atoms with Gasteiger partial charge in [0.25, 0.3) is 0 Å². The van der Waals surface area contributed by atoms with Gasteiger partial charge in [-0.2, -0.15) is 0 Å². The van der Waals surface area contributed by atoms with Crippen LogP contribution in [0.15, 0.2) is 12.5 Å². The fraction of sp³-hybridized carbons (Fsp3) is 0.750. The SMILES string of the molecule is Cc1cncn1CCCC1CCCCO1. The largest absolute Gasteiger partial charge is 0.378 e. The first kappa shape index (κ1) is 10.7. The van der Waals surface area contributed by atoms with Crippen LogP contribution < -0.4 is 0 Å². The first-order chi connectivity index (χ1) is 7.36. The van der Waals surface area contributed by atoms with Gasteiger partial charge in [0.2, 0.25) is 0 Å². The highest BCUT2D eigenvalue weighted by Gasteiger charge is 2.12. The van der Waals surface area contributed by atoms with Crippen molar-refractivity contribution in [2.24, 2.45) is 0 Å². The van der Waals surface area contributed by atoms with Gasteiger partial charge in [-0.25, -0.2) is 4.98 Å². The Morgan fingerprint density at radius 3 is 3.13 bits per heavy atom. The molecule has 1 atom stereocenters. The van der Waals surface area contributed by atoms with Crippen LogP contribution in [0, 0.1) is 6.92 Å². The quantitative estimate of drug-likeness (QED) is 0.760. The van der Waals surface area contributed by atoms with E-state index < -0.39 is 0 Å². The zero-order chi connectivity index (χ0) is 10.5. The van der Waals surface area contributed by atoms with Crippen molar-refractivity contribution in [3.8, 4) is 0 Å². The number of imidazole rings is 1. The van der Waals surface area contributed by atoms with Crippen LogP contribution in [0.1, 0.15) is 37.8 Å². The highest BCUT2D eigenvalue weighted by Crippen LogP contribution is 2.17. The van der Waals surface area contributed by atoms with Crippen LogP contribution in [0.5, 0.6) is 0 Å². The molecule has 15 heavy (non-hydrogen) atoms. The van der Waals surface area contributed by atoms with Gasteiger partial charge in [0.05, 0.1) is 12.4 Å². The third kappa shape index (κ3) is 3.06. The fourth-order valence-electron chi connectivity index (χ4n) is 2.15. The minimum atomic E-state index is 0.516. The maximum absolute atomic E-state index is 5.70. The third-order valence-corrected chi connectivity index (χ3v) is 3.12. The van der Waals surface area contributed by atoms with Gasteiger partial charge < -0.3 is 9.30 Å². The number of rotatable bonds is 4. The number of hydrogen-bond donors (Lipinski definition) is 0. The summed E-state index contributed by atoms with van der Waals surface area (Å²) in [6.07, 6.45) is 10.6. The van der Waals surface area contributed by atoms with Crippen LogP contribution in [0.4, 0.5) is 0 Å². The standard InChI is InChI=1S/C12H20N2O/c1-11-9-13-10-14(11)7-4-6-12-5-2-3-8-15-12/h9-10,12H,2-8H2,1H3. The van der Waals surface area contributed by atoms with Crippen LogP contribution in [0.2, 0.25) is 0 Å². The van der Waals surface area contributed by atoms with E-state index in [1.165, 1.54) is 37.8 Å². The molecule has 3 nitrogen and oxygen atoms in total. The van der Waals surface area contributed by atoms with Crippen molar-refractivity contribution >= 4 is 0 Å². The summed E-state index contributed by atoms with van der Waals surface area (Å²) >= 11 is 0. The zero-order valence-electron chi connectivity index (χ0n) is 9.48. The molecule has 0 spiro atoms. The summed E-state index contributed by atoms with van der Waals surface area (Å²) in [4.78, 5) is 4.12. The molecule has 0 aromatic carbocycles. The number of aromatic nitrogens is 2. The van der Waals surface area contributed by atoms with Gasteiger partial charge in [-0.3, -0.25) is 0 Å². The third-order valence-electron chi connectivity index (χ3n) is 3.12. The van der Waals surface area contributed by atoms with Crippen molar-refractivity contribution in [3.63, 3.8) is 0 Å². The summed E-state index contributed by atoms with van der Waals surface area (Å²) < 4.78 is 7.91. The summed E-state index contributed by atoms with van der Waals surface area (Å²) in [5, 5.41) is 0. The molecule has 1 fully saturated rings. The van der Waals surface area contributed by atoms with Crippen molar-refractivity contribution < 1.29 is 4.74 Å². The minimum absolute atomic E-state index is 0.516. The molecule has 0 amide bonds. The Bertz CT molecular complexity index is 290. The second-order valence-corrected chi connectivity index (χ2v) is 4.36. The van der Waals surface area contributed by atoms with E-state index in [2.05, 4.69) is 16.5 Å². The van der Waals surface area contributed by atoms with Gasteiger partial charge >= 0.3 is 0 Å². The molecule has 2 rings (SSSR count). The molecule has 1 saturated heterocycles. The van der Waals surface area contributed by atoms with E-state index in [-0.39, 0.29) is 0 Å². The number of hydrogen-bond acceptors (Lipinski definition) is 2. The molecule has 1 aromatic rings. The van der Waals surface area contributed by atoms with Gasteiger partial charge in [0.15, 0.2) is 0 Å². The maximum atomic E-state index is 5.70. The van der Waals surface area contributed by atoms with E-state index in [1.54, 1.807) is 0 Å². The predicted molar refractivity (Wildman–Crippen MR) is 59.8 cm³/mol. The maximum Gasteiger partial charge on any atom is 0.0948 e. The zero-order valence-corrected chi connectivity index (χ0v) is 9.48. The smallest absolute Gasteiger partial charge is 0.0948 e. The first-order valence-corrected chi connectivity index (χ1v) is 5.94. The number of aryl methyl sites for hydroxylation is 2. The van der Waals surface area contributed by atoms with E-state index in [9.17, 15) is 0 Å². The molecule has 1 unspecified atom stereocenters. The summed E-state index contributed by atoms with van der Waals surface area (Å²) in [5.74, 6) is 0. The molecule has 0 bridgehead atoms. The second kappa shape index (κ2) is 5.31. The van der Waals surface area contributed by atoms with Crippen molar-refractivity contribution in [2.45, 2.75) is 51.7 Å². The molecule has 0 saturated carbocycles. The van der Waals surface area contributed by atoms with Crippen LogP contribution in [0.25, 0.3) is 0 Å². The molecule has 2 heterocycles. The summed E-state index contributed by atoms with van der Waals surface area (Å²) in [6.45, 7) is 4.14. The Hall–Kier alpha value is -0.830. The van der Waals surface area contributed by atoms with Crippen LogP contribution in [-0.4, -0.2) is 22.3 Å². The highest BCUT2D eigenvalue weighted by molar-refractivity contribution is 4.93. The Morgan fingerprint density at radius 2 is 2.47 bits per heavy atom. The van der Waals surface area contributed by atoms with E-state index in [0.717, 1.165) is 13.2 Å². The molecule has 3 heteroatoms. The van der Waals surface area contributed by atoms with E-state index in [0.29, 0.717) is 6.10 Å². The Balaban J connectivity index is 1.68. The topological polar surface area (TPSA) is 27.1 Å². The van der Waals surface area contributed by atoms with Crippen molar-refractivity contribution in [1.29, 1.82) is 0 Å². The van der Waals surface area contributed by atoms with Gasteiger partial charge in [-0.05, 0) is 39.0 Å². The average molecular weight is 208 g/mol. The molecule has 1 aromatic heterocycles. The van der Waals surface area contributed by atoms with Crippen LogP contribution >= 0.6 is 0 Å². The molecule has 1 aliphatic rings. The number of nitrogens with zero attached hydrogens (tertiary/aromatic N) is 2. The summed E-state index contributed by atoms with van der Waals surface area (Å²) in [7, 11) is 0. The van der Waals surface area contributed by atoms with Gasteiger partial charge in [-0.1, -0.05) is 0 Å². The Labute approximate surface area is 91.5 Å². The van der Waals surface area contributed by atoms with E-state index >= 15 is 0 Å². The molecular weight excluding hydrogens is 188 g/mol. The van der Waals surface area contributed by atoms with Crippen LogP contribution in [0.3, 0.4) is 0 Å². The molecule has 0 N–H and O–H groups in total. The average Bonchev–Trinajstić information content (AvgIpc) is 2.66. The molecule has 84 valence electrons. The highest BCUT2D eigenvalue weighted by atomic mass is 16.5. The molecule has 0 radical (unpaired) electrons. The normalized spacial score (nSPS) is 21.8.